The Morgan fingerprint density at radius 1 is 1.32 bits per heavy atom. The molecule has 0 spiro atoms. The summed E-state index contributed by atoms with van der Waals surface area (Å²) in [6.07, 6.45) is 1.93. The fourth-order valence-electron chi connectivity index (χ4n) is 1.84. The van der Waals surface area contributed by atoms with Crippen LogP contribution in [-0.4, -0.2) is 66.3 Å². The molecule has 2 rings (SSSR count). The zero-order valence-corrected chi connectivity index (χ0v) is 10.4. The number of aliphatic carboxylic acids is 1. The maximum atomic E-state index is 12.0. The highest BCUT2D eigenvalue weighted by Crippen LogP contribution is 2.19. The quantitative estimate of drug-likeness (QED) is 0.592. The Hall–Kier alpha value is -1.83. The van der Waals surface area contributed by atoms with Gasteiger partial charge in [-0.05, 0) is 12.8 Å². The van der Waals surface area contributed by atoms with Gasteiger partial charge in [-0.3, -0.25) is 9.59 Å². The third-order valence-electron chi connectivity index (χ3n) is 3.01. The summed E-state index contributed by atoms with van der Waals surface area (Å²) in [5, 5.41) is 13.6. The molecule has 2 fully saturated rings. The van der Waals surface area contributed by atoms with Gasteiger partial charge in [0.05, 0.1) is 13.2 Å². The van der Waals surface area contributed by atoms with E-state index in [1.807, 2.05) is 0 Å². The molecule has 2 aliphatic rings. The number of nitrogens with zero attached hydrogens (tertiary/aromatic N) is 1. The average Bonchev–Trinajstić information content (AvgIpc) is 3.19. The number of hydrogen-bond donors (Lipinski definition) is 3. The van der Waals surface area contributed by atoms with Gasteiger partial charge in [-0.15, -0.1) is 0 Å². The van der Waals surface area contributed by atoms with Crippen molar-refractivity contribution in [1.29, 1.82) is 0 Å². The Morgan fingerprint density at radius 2 is 2.05 bits per heavy atom. The molecule has 1 aliphatic carbocycles. The zero-order valence-electron chi connectivity index (χ0n) is 10.4. The minimum Gasteiger partial charge on any atom is -0.480 e. The van der Waals surface area contributed by atoms with Gasteiger partial charge in [-0.25, -0.2) is 4.79 Å². The molecule has 0 aromatic rings. The van der Waals surface area contributed by atoms with Gasteiger partial charge in [0, 0.05) is 12.6 Å². The summed E-state index contributed by atoms with van der Waals surface area (Å²) in [6, 6.07) is -1.04. The van der Waals surface area contributed by atoms with Crippen LogP contribution in [0.15, 0.2) is 0 Å². The number of hydrogen-bond acceptors (Lipinski definition) is 4. The third-order valence-corrected chi connectivity index (χ3v) is 3.01. The van der Waals surface area contributed by atoms with Gasteiger partial charge in [-0.1, -0.05) is 0 Å². The molecule has 1 heterocycles. The molecule has 8 nitrogen and oxygen atoms in total. The van der Waals surface area contributed by atoms with E-state index in [4.69, 9.17) is 9.84 Å². The van der Waals surface area contributed by atoms with Crippen molar-refractivity contribution in [2.24, 2.45) is 0 Å². The van der Waals surface area contributed by atoms with Gasteiger partial charge in [0.2, 0.25) is 5.91 Å². The Labute approximate surface area is 110 Å². The van der Waals surface area contributed by atoms with Crippen molar-refractivity contribution in [3.05, 3.63) is 0 Å². The number of ether oxygens (including phenoxy) is 1. The van der Waals surface area contributed by atoms with Crippen LogP contribution in [0.1, 0.15) is 12.8 Å². The van der Waals surface area contributed by atoms with Crippen LogP contribution in [-0.2, 0) is 14.3 Å². The maximum absolute atomic E-state index is 12.0. The molecule has 3 amide bonds. The van der Waals surface area contributed by atoms with Crippen LogP contribution in [0, 0.1) is 0 Å². The monoisotopic (exact) mass is 271 g/mol. The first-order valence-corrected chi connectivity index (χ1v) is 6.22. The van der Waals surface area contributed by atoms with Crippen LogP contribution in [0.5, 0.6) is 0 Å². The number of nitrogens with one attached hydrogen (secondary N) is 2. The van der Waals surface area contributed by atoms with Crippen LogP contribution in [0.3, 0.4) is 0 Å². The van der Waals surface area contributed by atoms with E-state index in [2.05, 4.69) is 10.6 Å². The van der Waals surface area contributed by atoms with E-state index in [1.165, 1.54) is 4.90 Å². The molecule has 0 aromatic heterocycles. The minimum atomic E-state index is -1.12. The summed E-state index contributed by atoms with van der Waals surface area (Å²) in [5.41, 5.74) is 0. The third kappa shape index (κ3) is 3.82. The number of carbonyl (C=O) groups is 3. The molecule has 1 saturated carbocycles. The molecule has 0 bridgehead atoms. The number of carboxylic acid groups (broad SMARTS) is 1. The van der Waals surface area contributed by atoms with E-state index in [0.29, 0.717) is 6.61 Å². The fraction of sp³-hybridized carbons (Fsp3) is 0.727. The fourth-order valence-corrected chi connectivity index (χ4v) is 1.84. The van der Waals surface area contributed by atoms with Gasteiger partial charge < -0.3 is 25.4 Å². The highest BCUT2D eigenvalue weighted by molar-refractivity contribution is 5.88. The van der Waals surface area contributed by atoms with Crippen LogP contribution >= 0.6 is 0 Å². The Balaban J connectivity index is 1.91. The number of rotatable bonds is 4. The van der Waals surface area contributed by atoms with E-state index in [0.717, 1.165) is 12.8 Å². The van der Waals surface area contributed by atoms with Crippen molar-refractivity contribution in [2.75, 3.05) is 26.3 Å². The smallest absolute Gasteiger partial charge is 0.323 e. The number of carboxylic acids is 1. The molecule has 0 aromatic carbocycles. The summed E-state index contributed by atoms with van der Waals surface area (Å²) in [6.45, 7) is 0.286. The van der Waals surface area contributed by atoms with Crippen LogP contribution < -0.4 is 10.6 Å². The van der Waals surface area contributed by atoms with Crippen LogP contribution in [0.25, 0.3) is 0 Å². The van der Waals surface area contributed by atoms with E-state index in [-0.39, 0.29) is 25.1 Å². The van der Waals surface area contributed by atoms with Crippen molar-refractivity contribution in [1.82, 2.24) is 15.5 Å². The zero-order chi connectivity index (χ0) is 13.8. The minimum absolute atomic E-state index is 0.138. The number of carbonyl (C=O) groups excluding carboxylic acids is 2. The van der Waals surface area contributed by atoms with Gasteiger partial charge in [0.15, 0.2) is 0 Å². The van der Waals surface area contributed by atoms with Crippen molar-refractivity contribution in [2.45, 2.75) is 24.9 Å². The van der Waals surface area contributed by atoms with E-state index >= 15 is 0 Å². The Kier molecular flexibility index (Phi) is 4.20. The average molecular weight is 271 g/mol. The molecular formula is C11H17N3O5. The van der Waals surface area contributed by atoms with E-state index < -0.39 is 24.6 Å². The summed E-state index contributed by atoms with van der Waals surface area (Å²) in [7, 11) is 0. The lowest BCUT2D eigenvalue weighted by Crippen LogP contribution is -2.58. The summed E-state index contributed by atoms with van der Waals surface area (Å²) in [5.74, 6) is -1.37. The normalized spacial score (nSPS) is 22.7. The van der Waals surface area contributed by atoms with Gasteiger partial charge >= 0.3 is 12.0 Å². The van der Waals surface area contributed by atoms with Crippen LogP contribution in [0.2, 0.25) is 0 Å². The molecular weight excluding hydrogens is 254 g/mol. The van der Waals surface area contributed by atoms with Crippen LogP contribution in [0.4, 0.5) is 4.79 Å². The van der Waals surface area contributed by atoms with E-state index in [9.17, 15) is 14.4 Å². The largest absolute Gasteiger partial charge is 0.480 e. The topological polar surface area (TPSA) is 108 Å². The lowest BCUT2D eigenvalue weighted by atomic mass is 10.2. The van der Waals surface area contributed by atoms with E-state index in [1.54, 1.807) is 0 Å². The summed E-state index contributed by atoms with van der Waals surface area (Å²) in [4.78, 5) is 35.5. The summed E-state index contributed by atoms with van der Waals surface area (Å²) >= 11 is 0. The molecule has 1 unspecified atom stereocenters. The molecule has 1 aliphatic heterocycles. The first-order chi connectivity index (χ1) is 9.08. The van der Waals surface area contributed by atoms with Crippen molar-refractivity contribution in [3.8, 4) is 0 Å². The molecule has 19 heavy (non-hydrogen) atoms. The summed E-state index contributed by atoms with van der Waals surface area (Å²) < 4.78 is 5.21. The molecule has 0 radical (unpaired) electrons. The standard InChI is InChI=1S/C11H17N3O5/c15-9(16)5-12-11(18)14-3-4-19-6-8(14)10(17)13-7-1-2-7/h7-8H,1-6H2,(H,12,18)(H,13,17)(H,15,16). The molecule has 1 saturated heterocycles. The predicted octanol–water partition coefficient (Wildman–Crippen LogP) is -1.24. The Morgan fingerprint density at radius 3 is 2.68 bits per heavy atom. The molecule has 3 N–H and O–H groups in total. The first kappa shape index (κ1) is 13.6. The number of urea groups is 1. The highest BCUT2D eigenvalue weighted by atomic mass is 16.5. The lowest BCUT2D eigenvalue weighted by Gasteiger charge is -2.34. The molecule has 106 valence electrons. The maximum Gasteiger partial charge on any atom is 0.323 e. The van der Waals surface area contributed by atoms with Crippen molar-refractivity contribution >= 4 is 17.9 Å². The van der Waals surface area contributed by atoms with Crippen molar-refractivity contribution < 1.29 is 24.2 Å². The van der Waals surface area contributed by atoms with Crippen molar-refractivity contribution in [3.63, 3.8) is 0 Å². The second kappa shape index (κ2) is 5.87. The Bertz CT molecular complexity index is 383. The number of amides is 3. The lowest BCUT2D eigenvalue weighted by molar-refractivity contribution is -0.135. The highest BCUT2D eigenvalue weighted by Gasteiger charge is 2.35. The van der Waals surface area contributed by atoms with Gasteiger partial charge in [0.1, 0.15) is 12.6 Å². The second-order valence-corrected chi connectivity index (χ2v) is 4.62. The SMILES string of the molecule is O=C(O)CNC(=O)N1CCOCC1C(=O)NC1CC1. The molecule has 8 heteroatoms. The predicted molar refractivity (Wildman–Crippen MR) is 63.5 cm³/mol. The first-order valence-electron chi connectivity index (χ1n) is 6.22. The van der Waals surface area contributed by atoms with Gasteiger partial charge in [-0.2, -0.15) is 0 Å². The number of morpholine rings is 1. The molecule has 1 atom stereocenters. The second-order valence-electron chi connectivity index (χ2n) is 4.62. The van der Waals surface area contributed by atoms with Gasteiger partial charge in [0.25, 0.3) is 0 Å².